The zero-order chi connectivity index (χ0) is 26.3. The van der Waals surface area contributed by atoms with Crippen LogP contribution in [0.4, 0.5) is 4.79 Å². The Morgan fingerprint density at radius 3 is 2.03 bits per heavy atom. The van der Waals surface area contributed by atoms with Crippen molar-refractivity contribution in [2.75, 3.05) is 32.4 Å². The van der Waals surface area contributed by atoms with Gasteiger partial charge in [-0.05, 0) is 75.7 Å². The number of carbonyl (C=O) groups excluding carboxylic acids is 1. The number of carbonyl (C=O) groups is 1. The number of nitrogens with zero attached hydrogens (tertiary/aromatic N) is 2. The highest BCUT2D eigenvalue weighted by molar-refractivity contribution is 7.88. The van der Waals surface area contributed by atoms with Crippen molar-refractivity contribution in [2.45, 2.75) is 85.7 Å². The molecule has 3 rings (SSSR count). The maximum absolute atomic E-state index is 12.2. The van der Waals surface area contributed by atoms with E-state index in [1.165, 1.54) is 11.8 Å². The second kappa shape index (κ2) is 12.6. The molecule has 0 aliphatic carbocycles. The Hall–Kier alpha value is -1.60. The van der Waals surface area contributed by atoms with E-state index in [0.717, 1.165) is 51.6 Å². The number of hydrogen-bond acceptors (Lipinski definition) is 4. The number of likely N-dealkylation sites (tertiary alicyclic amines) is 1. The van der Waals surface area contributed by atoms with E-state index in [1.807, 2.05) is 25.7 Å². The second-order valence-corrected chi connectivity index (χ2v) is 13.7. The van der Waals surface area contributed by atoms with Gasteiger partial charge in [-0.15, -0.1) is 0 Å². The van der Waals surface area contributed by atoms with Crippen LogP contribution >= 0.6 is 0 Å². The van der Waals surface area contributed by atoms with Crippen LogP contribution in [-0.2, 0) is 21.2 Å². The van der Waals surface area contributed by atoms with Crippen molar-refractivity contribution in [2.24, 2.45) is 17.3 Å². The minimum Gasteiger partial charge on any atom is -0.444 e. The maximum Gasteiger partial charge on any atom is 0.410 e. The van der Waals surface area contributed by atoms with Gasteiger partial charge < -0.3 is 9.64 Å². The first-order chi connectivity index (χ1) is 16.2. The van der Waals surface area contributed by atoms with Crippen molar-refractivity contribution in [1.29, 1.82) is 0 Å². The number of piperidine rings is 2. The minimum absolute atomic E-state index is 0.170. The average molecular weight is 509 g/mol. The lowest BCUT2D eigenvalue weighted by Gasteiger charge is -2.41. The number of hydrogen-bond donors (Lipinski definition) is 0. The van der Waals surface area contributed by atoms with Gasteiger partial charge >= 0.3 is 6.09 Å². The molecule has 0 atom stereocenters. The van der Waals surface area contributed by atoms with Gasteiger partial charge in [-0.25, -0.2) is 17.5 Å². The third-order valence-electron chi connectivity index (χ3n) is 7.56. The SMILES string of the molecule is CC(C)C1CCN(S(C)(=O)=O)CC1.CCC1(Cc2ccccc2)CCN(C(=O)OC(C)(C)C)CC1. The number of rotatable bonds is 5. The zero-order valence-electron chi connectivity index (χ0n) is 23.0. The highest BCUT2D eigenvalue weighted by Gasteiger charge is 2.35. The molecule has 0 radical (unpaired) electrons. The van der Waals surface area contributed by atoms with Crippen LogP contribution in [-0.4, -0.2) is 61.8 Å². The van der Waals surface area contributed by atoms with Crippen LogP contribution in [0.3, 0.4) is 0 Å². The van der Waals surface area contributed by atoms with Gasteiger partial charge in [-0.1, -0.05) is 57.5 Å². The van der Waals surface area contributed by atoms with E-state index in [4.69, 9.17) is 4.74 Å². The summed E-state index contributed by atoms with van der Waals surface area (Å²) in [6.45, 7) is 15.5. The average Bonchev–Trinajstić information content (AvgIpc) is 2.79. The van der Waals surface area contributed by atoms with Crippen molar-refractivity contribution in [3.63, 3.8) is 0 Å². The second-order valence-electron chi connectivity index (χ2n) is 11.7. The lowest BCUT2D eigenvalue weighted by atomic mass is 9.72. The van der Waals surface area contributed by atoms with Crippen LogP contribution in [0.5, 0.6) is 0 Å². The zero-order valence-corrected chi connectivity index (χ0v) is 23.9. The highest BCUT2D eigenvalue weighted by Crippen LogP contribution is 2.38. The first kappa shape index (κ1) is 29.6. The third kappa shape index (κ3) is 9.76. The molecule has 2 aliphatic heterocycles. The van der Waals surface area contributed by atoms with Gasteiger partial charge in [0.1, 0.15) is 5.60 Å². The maximum atomic E-state index is 12.2. The van der Waals surface area contributed by atoms with E-state index in [1.54, 1.807) is 4.31 Å². The molecule has 7 heteroatoms. The standard InChI is InChI=1S/C19H29NO2.C9H19NO2S/c1-5-19(15-16-9-7-6-8-10-16)11-13-20(14-12-19)17(21)22-18(2,3)4;1-8(2)9-4-6-10(7-5-9)13(3,11)12/h6-10H,5,11-15H2,1-4H3;8-9H,4-7H2,1-3H3. The van der Waals surface area contributed by atoms with Gasteiger partial charge in [0.15, 0.2) is 0 Å². The van der Waals surface area contributed by atoms with Gasteiger partial charge in [0.25, 0.3) is 0 Å². The van der Waals surface area contributed by atoms with Crippen LogP contribution in [0.15, 0.2) is 30.3 Å². The largest absolute Gasteiger partial charge is 0.444 e. The van der Waals surface area contributed by atoms with Crippen LogP contribution < -0.4 is 0 Å². The summed E-state index contributed by atoms with van der Waals surface area (Å²) < 4.78 is 29.5. The van der Waals surface area contributed by atoms with E-state index in [9.17, 15) is 13.2 Å². The van der Waals surface area contributed by atoms with Crippen molar-refractivity contribution < 1.29 is 17.9 Å². The van der Waals surface area contributed by atoms with E-state index >= 15 is 0 Å². The molecule has 200 valence electrons. The van der Waals surface area contributed by atoms with E-state index in [2.05, 4.69) is 51.1 Å². The molecule has 0 N–H and O–H groups in total. The number of amides is 1. The molecular weight excluding hydrogens is 460 g/mol. The van der Waals surface area contributed by atoms with E-state index in [-0.39, 0.29) is 6.09 Å². The summed E-state index contributed by atoms with van der Waals surface area (Å²) in [6, 6.07) is 10.7. The minimum atomic E-state index is -2.94. The smallest absolute Gasteiger partial charge is 0.410 e. The van der Waals surface area contributed by atoms with Gasteiger partial charge in [0, 0.05) is 26.2 Å². The van der Waals surface area contributed by atoms with E-state index < -0.39 is 15.6 Å². The van der Waals surface area contributed by atoms with Crippen LogP contribution in [0, 0.1) is 17.3 Å². The number of benzene rings is 1. The van der Waals surface area contributed by atoms with Crippen molar-refractivity contribution in [3.05, 3.63) is 35.9 Å². The summed E-state index contributed by atoms with van der Waals surface area (Å²) in [4.78, 5) is 14.0. The van der Waals surface area contributed by atoms with E-state index in [0.29, 0.717) is 30.3 Å². The lowest BCUT2D eigenvalue weighted by molar-refractivity contribution is 0.00943. The topological polar surface area (TPSA) is 66.9 Å². The predicted octanol–water partition coefficient (Wildman–Crippen LogP) is 5.97. The lowest BCUT2D eigenvalue weighted by Crippen LogP contribution is -2.45. The first-order valence-corrected chi connectivity index (χ1v) is 15.1. The first-order valence-electron chi connectivity index (χ1n) is 13.2. The Balaban J connectivity index is 0.000000283. The number of sulfonamides is 1. The van der Waals surface area contributed by atoms with Gasteiger partial charge in [-0.3, -0.25) is 0 Å². The van der Waals surface area contributed by atoms with Crippen LogP contribution in [0.2, 0.25) is 0 Å². The van der Waals surface area contributed by atoms with Crippen molar-refractivity contribution in [3.8, 4) is 0 Å². The summed E-state index contributed by atoms with van der Waals surface area (Å²) in [5.74, 6) is 1.39. The Kier molecular flexibility index (Phi) is 10.6. The number of ether oxygens (including phenoxy) is 1. The fourth-order valence-electron chi connectivity index (χ4n) is 5.05. The molecule has 0 spiro atoms. The summed E-state index contributed by atoms with van der Waals surface area (Å²) >= 11 is 0. The molecule has 2 fully saturated rings. The molecule has 2 aliphatic rings. The normalized spacial score (nSPS) is 19.7. The molecule has 35 heavy (non-hydrogen) atoms. The summed E-state index contributed by atoms with van der Waals surface area (Å²) in [6.07, 6.45) is 7.53. The fourth-order valence-corrected chi connectivity index (χ4v) is 5.92. The Morgan fingerprint density at radius 1 is 1.06 bits per heavy atom. The molecule has 2 heterocycles. The summed E-state index contributed by atoms with van der Waals surface area (Å²) in [5, 5.41) is 0. The van der Waals surface area contributed by atoms with Crippen molar-refractivity contribution in [1.82, 2.24) is 9.21 Å². The van der Waals surface area contributed by atoms with Gasteiger partial charge in [0.05, 0.1) is 6.26 Å². The predicted molar refractivity (Wildman–Crippen MR) is 144 cm³/mol. The molecule has 1 amide bonds. The monoisotopic (exact) mass is 508 g/mol. The van der Waals surface area contributed by atoms with Gasteiger partial charge in [0.2, 0.25) is 10.0 Å². The molecule has 6 nitrogen and oxygen atoms in total. The fraction of sp³-hybridized carbons (Fsp3) is 0.750. The molecule has 0 unspecified atom stereocenters. The Labute approximate surface area is 214 Å². The Bertz CT molecular complexity index is 877. The Morgan fingerprint density at radius 2 is 1.60 bits per heavy atom. The van der Waals surface area contributed by atoms with Crippen LogP contribution in [0.1, 0.15) is 79.2 Å². The van der Waals surface area contributed by atoms with Crippen LogP contribution in [0.25, 0.3) is 0 Å². The third-order valence-corrected chi connectivity index (χ3v) is 8.86. The molecule has 1 aromatic carbocycles. The summed E-state index contributed by atoms with van der Waals surface area (Å²) in [5.41, 5.74) is 1.30. The van der Waals surface area contributed by atoms with Gasteiger partial charge in [-0.2, -0.15) is 0 Å². The molecule has 1 aromatic rings. The molecular formula is C28H48N2O4S. The quantitative estimate of drug-likeness (QED) is 0.491. The molecule has 0 saturated carbocycles. The highest BCUT2D eigenvalue weighted by atomic mass is 32.2. The molecule has 0 bridgehead atoms. The summed E-state index contributed by atoms with van der Waals surface area (Å²) in [7, 11) is -2.94. The molecule has 2 saturated heterocycles. The molecule has 0 aromatic heterocycles. The van der Waals surface area contributed by atoms with Crippen molar-refractivity contribution >= 4 is 16.1 Å².